The molecule has 0 amide bonds. The number of nitro groups is 1. The minimum absolute atomic E-state index is 0.0686. The number of benzene rings is 2. The molecule has 0 aromatic heterocycles. The van der Waals surface area contributed by atoms with Crippen molar-refractivity contribution in [2.75, 3.05) is 0 Å². The molecule has 2 aromatic carbocycles. The second kappa shape index (κ2) is 7.00. The molecule has 0 bridgehead atoms. The van der Waals surface area contributed by atoms with Gasteiger partial charge in [-0.3, -0.25) is 14.9 Å². The highest BCUT2D eigenvalue weighted by Crippen LogP contribution is 2.23. The third-order valence-electron chi connectivity index (χ3n) is 3.03. The second-order valence-electron chi connectivity index (χ2n) is 4.57. The SMILES string of the molecule is O=C(O)Cc1ccc([N+](=O)[O-])cc1/C=C/c1ccccc1Br. The lowest BCUT2D eigenvalue weighted by atomic mass is 10.0. The Kier molecular flexibility index (Phi) is 5.06. The number of hydrogen-bond donors (Lipinski definition) is 1. The van der Waals surface area contributed by atoms with E-state index >= 15 is 0 Å². The van der Waals surface area contributed by atoms with Crippen molar-refractivity contribution in [1.82, 2.24) is 0 Å². The van der Waals surface area contributed by atoms with Gasteiger partial charge >= 0.3 is 5.97 Å². The first kappa shape index (κ1) is 15.9. The molecule has 0 aliphatic carbocycles. The van der Waals surface area contributed by atoms with Crippen LogP contribution in [0.2, 0.25) is 0 Å². The van der Waals surface area contributed by atoms with Gasteiger partial charge in [0.1, 0.15) is 0 Å². The van der Waals surface area contributed by atoms with E-state index in [1.54, 1.807) is 12.2 Å². The Labute approximate surface area is 135 Å². The molecule has 2 aromatic rings. The fourth-order valence-corrected chi connectivity index (χ4v) is 2.38. The Morgan fingerprint density at radius 1 is 1.18 bits per heavy atom. The third-order valence-corrected chi connectivity index (χ3v) is 3.75. The number of nitro benzene ring substituents is 1. The van der Waals surface area contributed by atoms with Crippen LogP contribution in [0.1, 0.15) is 16.7 Å². The number of non-ortho nitro benzene ring substituents is 1. The van der Waals surface area contributed by atoms with E-state index in [0.29, 0.717) is 11.1 Å². The van der Waals surface area contributed by atoms with Crippen molar-refractivity contribution in [3.8, 4) is 0 Å². The molecule has 1 N–H and O–H groups in total. The van der Waals surface area contributed by atoms with Gasteiger partial charge in [-0.15, -0.1) is 0 Å². The maximum atomic E-state index is 10.9. The molecule has 0 aliphatic heterocycles. The van der Waals surface area contributed by atoms with Crippen LogP contribution in [0, 0.1) is 10.1 Å². The van der Waals surface area contributed by atoms with Crippen LogP contribution in [-0.4, -0.2) is 16.0 Å². The summed E-state index contributed by atoms with van der Waals surface area (Å²) in [6.45, 7) is 0. The minimum Gasteiger partial charge on any atom is -0.481 e. The Bertz CT molecular complexity index is 756. The monoisotopic (exact) mass is 361 g/mol. The van der Waals surface area contributed by atoms with Crippen LogP contribution in [0.5, 0.6) is 0 Å². The summed E-state index contributed by atoms with van der Waals surface area (Å²) in [6.07, 6.45) is 3.29. The lowest BCUT2D eigenvalue weighted by Gasteiger charge is -2.04. The van der Waals surface area contributed by atoms with Crippen LogP contribution in [0.25, 0.3) is 12.2 Å². The molecular weight excluding hydrogens is 350 g/mol. The zero-order valence-electron chi connectivity index (χ0n) is 11.4. The van der Waals surface area contributed by atoms with Gasteiger partial charge in [0.05, 0.1) is 11.3 Å². The van der Waals surface area contributed by atoms with Crippen LogP contribution in [0.4, 0.5) is 5.69 Å². The Hall–Kier alpha value is -2.47. The molecular formula is C16H12BrNO4. The zero-order chi connectivity index (χ0) is 16.1. The zero-order valence-corrected chi connectivity index (χ0v) is 13.0. The largest absolute Gasteiger partial charge is 0.481 e. The van der Waals surface area contributed by atoms with Crippen molar-refractivity contribution in [2.45, 2.75) is 6.42 Å². The predicted octanol–water partition coefficient (Wildman–Crippen LogP) is 4.15. The minimum atomic E-state index is -0.982. The summed E-state index contributed by atoms with van der Waals surface area (Å²) in [5.74, 6) is -0.982. The number of carboxylic acids is 1. The van der Waals surface area contributed by atoms with E-state index in [9.17, 15) is 14.9 Å². The highest BCUT2D eigenvalue weighted by molar-refractivity contribution is 9.10. The molecule has 2 rings (SSSR count). The number of rotatable bonds is 5. The molecule has 0 atom stereocenters. The van der Waals surface area contributed by atoms with Crippen LogP contribution in [-0.2, 0) is 11.2 Å². The van der Waals surface area contributed by atoms with Gasteiger partial charge in [-0.25, -0.2) is 0 Å². The average Bonchev–Trinajstić information content (AvgIpc) is 2.47. The molecule has 0 saturated heterocycles. The summed E-state index contributed by atoms with van der Waals surface area (Å²) in [7, 11) is 0. The third kappa shape index (κ3) is 4.02. The van der Waals surface area contributed by atoms with Gasteiger partial charge in [0.2, 0.25) is 0 Å². The summed E-state index contributed by atoms with van der Waals surface area (Å²) in [5, 5.41) is 19.8. The maximum absolute atomic E-state index is 10.9. The standard InChI is InChI=1S/C16H12BrNO4/c17-15-4-2-1-3-11(15)5-6-12-9-14(18(21)22)8-7-13(12)10-16(19)20/h1-9H,10H2,(H,19,20)/b6-5+. The number of carboxylic acid groups (broad SMARTS) is 1. The van der Waals surface area contributed by atoms with E-state index in [0.717, 1.165) is 10.0 Å². The van der Waals surface area contributed by atoms with Crippen LogP contribution < -0.4 is 0 Å². The van der Waals surface area contributed by atoms with Gasteiger partial charge < -0.3 is 5.11 Å². The number of halogens is 1. The molecule has 6 heteroatoms. The van der Waals surface area contributed by atoms with Crippen LogP contribution >= 0.6 is 15.9 Å². The maximum Gasteiger partial charge on any atom is 0.307 e. The second-order valence-corrected chi connectivity index (χ2v) is 5.42. The highest BCUT2D eigenvalue weighted by Gasteiger charge is 2.11. The summed E-state index contributed by atoms with van der Waals surface area (Å²) < 4.78 is 0.886. The first-order valence-electron chi connectivity index (χ1n) is 6.39. The van der Waals surface area contributed by atoms with Crippen molar-refractivity contribution in [1.29, 1.82) is 0 Å². The lowest BCUT2D eigenvalue weighted by Crippen LogP contribution is -2.02. The highest BCUT2D eigenvalue weighted by atomic mass is 79.9. The molecule has 0 fully saturated rings. The fourth-order valence-electron chi connectivity index (χ4n) is 1.96. The molecule has 5 nitrogen and oxygen atoms in total. The lowest BCUT2D eigenvalue weighted by molar-refractivity contribution is -0.384. The van der Waals surface area contributed by atoms with Crippen molar-refractivity contribution in [2.24, 2.45) is 0 Å². The molecule has 0 spiro atoms. The predicted molar refractivity (Wildman–Crippen MR) is 87.5 cm³/mol. The summed E-state index contributed by atoms with van der Waals surface area (Å²) in [5.41, 5.74) is 1.88. The van der Waals surface area contributed by atoms with Crippen LogP contribution in [0.3, 0.4) is 0 Å². The number of carbonyl (C=O) groups is 1. The Morgan fingerprint density at radius 2 is 1.86 bits per heavy atom. The van der Waals surface area contributed by atoms with E-state index in [-0.39, 0.29) is 12.1 Å². The van der Waals surface area contributed by atoms with Crippen LogP contribution in [0.15, 0.2) is 46.9 Å². The van der Waals surface area contributed by atoms with Gasteiger partial charge in [0.25, 0.3) is 5.69 Å². The molecule has 22 heavy (non-hydrogen) atoms. The Balaban J connectivity index is 2.42. The smallest absolute Gasteiger partial charge is 0.307 e. The molecule has 0 radical (unpaired) electrons. The fraction of sp³-hybridized carbons (Fsp3) is 0.0625. The molecule has 0 heterocycles. The van der Waals surface area contributed by atoms with Crippen molar-refractivity contribution in [3.05, 3.63) is 73.7 Å². The van der Waals surface area contributed by atoms with E-state index in [4.69, 9.17) is 5.11 Å². The Morgan fingerprint density at radius 3 is 2.50 bits per heavy atom. The molecule has 112 valence electrons. The van der Waals surface area contributed by atoms with Gasteiger partial charge in [-0.05, 0) is 22.8 Å². The van der Waals surface area contributed by atoms with E-state index in [2.05, 4.69) is 15.9 Å². The number of hydrogen-bond acceptors (Lipinski definition) is 3. The summed E-state index contributed by atoms with van der Waals surface area (Å²) >= 11 is 3.41. The van der Waals surface area contributed by atoms with E-state index in [1.807, 2.05) is 24.3 Å². The van der Waals surface area contributed by atoms with Crippen molar-refractivity contribution < 1.29 is 14.8 Å². The van der Waals surface area contributed by atoms with Gasteiger partial charge in [0, 0.05) is 16.6 Å². The molecule has 0 saturated carbocycles. The van der Waals surface area contributed by atoms with E-state index in [1.165, 1.54) is 18.2 Å². The van der Waals surface area contributed by atoms with Gasteiger partial charge in [-0.2, -0.15) is 0 Å². The quantitative estimate of drug-likeness (QED) is 0.492. The van der Waals surface area contributed by atoms with Crippen molar-refractivity contribution >= 4 is 39.7 Å². The normalized spacial score (nSPS) is 10.8. The molecule has 0 aliphatic rings. The number of aliphatic carboxylic acids is 1. The average molecular weight is 362 g/mol. The molecule has 0 unspecified atom stereocenters. The summed E-state index contributed by atoms with van der Waals surface area (Å²) in [6, 6.07) is 11.7. The summed E-state index contributed by atoms with van der Waals surface area (Å²) in [4.78, 5) is 21.3. The van der Waals surface area contributed by atoms with Gasteiger partial charge in [-0.1, -0.05) is 52.3 Å². The topological polar surface area (TPSA) is 80.4 Å². The van der Waals surface area contributed by atoms with Gasteiger partial charge in [0.15, 0.2) is 0 Å². The van der Waals surface area contributed by atoms with Crippen molar-refractivity contribution in [3.63, 3.8) is 0 Å². The van der Waals surface area contributed by atoms with E-state index < -0.39 is 10.9 Å². The first-order chi connectivity index (χ1) is 10.5. The number of nitrogens with zero attached hydrogens (tertiary/aromatic N) is 1. The first-order valence-corrected chi connectivity index (χ1v) is 7.18.